The summed E-state index contributed by atoms with van der Waals surface area (Å²) >= 11 is 0. The van der Waals surface area contributed by atoms with Gasteiger partial charge in [-0.1, -0.05) is 0 Å². The van der Waals surface area contributed by atoms with Gasteiger partial charge in [-0.15, -0.1) is 0 Å². The second-order valence-corrected chi connectivity index (χ2v) is 4.34. The molecule has 3 N–H and O–H groups in total. The number of nitrogens with zero attached hydrogens (tertiary/aromatic N) is 1. The Labute approximate surface area is 79.9 Å². The molecule has 13 heavy (non-hydrogen) atoms. The average Bonchev–Trinajstić information content (AvgIpc) is 2.71. The van der Waals surface area contributed by atoms with E-state index in [1.165, 1.54) is 19.3 Å². The molecule has 0 spiro atoms. The lowest BCUT2D eigenvalue weighted by Gasteiger charge is -2.31. The molecular weight excluding hydrogens is 164 g/mol. The number of nitrogens with two attached hydrogens (primary N) is 1. The molecule has 1 heterocycles. The van der Waals surface area contributed by atoms with Gasteiger partial charge in [0, 0.05) is 18.6 Å². The second-order valence-electron chi connectivity index (χ2n) is 4.34. The normalized spacial score (nSPS) is 41.5. The molecule has 2 aliphatic rings. The summed E-state index contributed by atoms with van der Waals surface area (Å²) in [7, 11) is 0. The standard InChI is InChI=1S/C10H20N2O/c11-7-8-3-2-6-12(8)9-4-1-5-10(9)13/h8-10,13H,1-7,11H2. The molecule has 76 valence electrons. The number of rotatable bonds is 2. The molecule has 0 aromatic heterocycles. The Kier molecular flexibility index (Phi) is 2.86. The molecule has 1 saturated heterocycles. The summed E-state index contributed by atoms with van der Waals surface area (Å²) in [6.45, 7) is 1.90. The number of hydrogen-bond donors (Lipinski definition) is 2. The van der Waals surface area contributed by atoms with E-state index in [1.54, 1.807) is 0 Å². The fourth-order valence-electron chi connectivity index (χ4n) is 2.86. The van der Waals surface area contributed by atoms with E-state index in [-0.39, 0.29) is 6.10 Å². The smallest absolute Gasteiger partial charge is 0.0695 e. The molecule has 1 aliphatic carbocycles. The SMILES string of the molecule is NCC1CCCN1C1CCCC1O. The van der Waals surface area contributed by atoms with Crippen LogP contribution < -0.4 is 5.73 Å². The Morgan fingerprint density at radius 3 is 2.69 bits per heavy atom. The fraction of sp³-hybridized carbons (Fsp3) is 1.00. The van der Waals surface area contributed by atoms with Gasteiger partial charge in [0.25, 0.3) is 0 Å². The fourth-order valence-corrected chi connectivity index (χ4v) is 2.86. The van der Waals surface area contributed by atoms with Crippen LogP contribution in [0.5, 0.6) is 0 Å². The van der Waals surface area contributed by atoms with Crippen molar-refractivity contribution in [2.75, 3.05) is 13.1 Å². The molecule has 0 amide bonds. The van der Waals surface area contributed by atoms with E-state index < -0.39 is 0 Å². The van der Waals surface area contributed by atoms with Gasteiger partial charge in [0.15, 0.2) is 0 Å². The van der Waals surface area contributed by atoms with E-state index in [0.717, 1.165) is 25.9 Å². The molecule has 1 saturated carbocycles. The zero-order valence-electron chi connectivity index (χ0n) is 8.15. The molecule has 3 unspecified atom stereocenters. The minimum absolute atomic E-state index is 0.0906. The Morgan fingerprint density at radius 2 is 2.08 bits per heavy atom. The van der Waals surface area contributed by atoms with Crippen molar-refractivity contribution in [1.29, 1.82) is 0 Å². The first-order valence-electron chi connectivity index (χ1n) is 5.47. The van der Waals surface area contributed by atoms with Crippen molar-refractivity contribution in [3.05, 3.63) is 0 Å². The molecule has 3 heteroatoms. The van der Waals surface area contributed by atoms with Crippen molar-refractivity contribution in [2.45, 2.75) is 50.3 Å². The van der Waals surface area contributed by atoms with Crippen LogP contribution in [0.1, 0.15) is 32.1 Å². The molecule has 1 aliphatic heterocycles. The Balaban J connectivity index is 1.98. The monoisotopic (exact) mass is 184 g/mol. The third-order valence-electron chi connectivity index (χ3n) is 3.56. The highest BCUT2D eigenvalue weighted by Gasteiger charge is 2.36. The Morgan fingerprint density at radius 1 is 1.23 bits per heavy atom. The lowest BCUT2D eigenvalue weighted by Crippen LogP contribution is -2.46. The van der Waals surface area contributed by atoms with Crippen molar-refractivity contribution in [3.63, 3.8) is 0 Å². The third kappa shape index (κ3) is 1.73. The molecular formula is C10H20N2O. The van der Waals surface area contributed by atoms with E-state index in [9.17, 15) is 5.11 Å². The largest absolute Gasteiger partial charge is 0.391 e. The molecule has 3 atom stereocenters. The van der Waals surface area contributed by atoms with Crippen LogP contribution in [0.2, 0.25) is 0 Å². The van der Waals surface area contributed by atoms with Crippen LogP contribution in [0.25, 0.3) is 0 Å². The molecule has 2 rings (SSSR count). The van der Waals surface area contributed by atoms with E-state index in [2.05, 4.69) is 4.90 Å². The van der Waals surface area contributed by atoms with Gasteiger partial charge in [0.2, 0.25) is 0 Å². The highest BCUT2D eigenvalue weighted by Crippen LogP contribution is 2.29. The summed E-state index contributed by atoms with van der Waals surface area (Å²) in [6, 6.07) is 0.953. The zero-order valence-corrected chi connectivity index (χ0v) is 8.15. The maximum Gasteiger partial charge on any atom is 0.0695 e. The summed E-state index contributed by atoms with van der Waals surface area (Å²) in [6.07, 6.45) is 5.72. The van der Waals surface area contributed by atoms with Gasteiger partial charge in [-0.05, 0) is 38.6 Å². The van der Waals surface area contributed by atoms with Gasteiger partial charge in [-0.2, -0.15) is 0 Å². The van der Waals surface area contributed by atoms with Gasteiger partial charge in [-0.3, -0.25) is 4.90 Å². The number of likely N-dealkylation sites (tertiary alicyclic amines) is 1. The van der Waals surface area contributed by atoms with Gasteiger partial charge >= 0.3 is 0 Å². The Hall–Kier alpha value is -0.120. The predicted octanol–water partition coefficient (Wildman–Crippen LogP) is 0.323. The van der Waals surface area contributed by atoms with Gasteiger partial charge in [-0.25, -0.2) is 0 Å². The molecule has 3 nitrogen and oxygen atoms in total. The molecule has 0 aromatic carbocycles. The van der Waals surface area contributed by atoms with Crippen molar-refractivity contribution >= 4 is 0 Å². The molecule has 0 aromatic rings. The van der Waals surface area contributed by atoms with Crippen molar-refractivity contribution in [2.24, 2.45) is 5.73 Å². The lowest BCUT2D eigenvalue weighted by molar-refractivity contribution is 0.0648. The van der Waals surface area contributed by atoms with Crippen LogP contribution in [0.15, 0.2) is 0 Å². The van der Waals surface area contributed by atoms with E-state index in [1.807, 2.05) is 0 Å². The third-order valence-corrected chi connectivity index (χ3v) is 3.56. The maximum absolute atomic E-state index is 9.78. The van der Waals surface area contributed by atoms with Gasteiger partial charge in [0.1, 0.15) is 0 Å². The van der Waals surface area contributed by atoms with Crippen molar-refractivity contribution < 1.29 is 5.11 Å². The van der Waals surface area contributed by atoms with Gasteiger partial charge in [0.05, 0.1) is 6.10 Å². The lowest BCUT2D eigenvalue weighted by atomic mass is 10.1. The highest BCUT2D eigenvalue weighted by molar-refractivity contribution is 4.92. The summed E-state index contributed by atoms with van der Waals surface area (Å²) in [4.78, 5) is 2.44. The van der Waals surface area contributed by atoms with E-state index in [4.69, 9.17) is 5.73 Å². The number of aliphatic hydroxyl groups is 1. The van der Waals surface area contributed by atoms with E-state index in [0.29, 0.717) is 12.1 Å². The van der Waals surface area contributed by atoms with Crippen LogP contribution >= 0.6 is 0 Å². The van der Waals surface area contributed by atoms with Gasteiger partial charge < -0.3 is 10.8 Å². The molecule has 0 radical (unpaired) electrons. The summed E-state index contributed by atoms with van der Waals surface area (Å²) in [5, 5.41) is 9.78. The number of aliphatic hydroxyl groups excluding tert-OH is 1. The van der Waals surface area contributed by atoms with Crippen LogP contribution in [-0.4, -0.2) is 41.3 Å². The zero-order chi connectivity index (χ0) is 9.26. The summed E-state index contributed by atoms with van der Waals surface area (Å²) in [5.41, 5.74) is 5.71. The topological polar surface area (TPSA) is 49.5 Å². The first-order valence-corrected chi connectivity index (χ1v) is 5.47. The summed E-state index contributed by atoms with van der Waals surface area (Å²) < 4.78 is 0. The van der Waals surface area contributed by atoms with Crippen LogP contribution in [0, 0.1) is 0 Å². The number of hydrogen-bond acceptors (Lipinski definition) is 3. The molecule has 0 bridgehead atoms. The average molecular weight is 184 g/mol. The van der Waals surface area contributed by atoms with Crippen LogP contribution in [0.3, 0.4) is 0 Å². The Bertz CT molecular complexity index is 174. The highest BCUT2D eigenvalue weighted by atomic mass is 16.3. The van der Waals surface area contributed by atoms with E-state index >= 15 is 0 Å². The minimum Gasteiger partial charge on any atom is -0.391 e. The summed E-state index contributed by atoms with van der Waals surface area (Å²) in [5.74, 6) is 0. The van der Waals surface area contributed by atoms with Crippen LogP contribution in [0.4, 0.5) is 0 Å². The maximum atomic E-state index is 9.78. The van der Waals surface area contributed by atoms with Crippen LogP contribution in [-0.2, 0) is 0 Å². The predicted molar refractivity (Wildman–Crippen MR) is 52.4 cm³/mol. The van der Waals surface area contributed by atoms with Crippen molar-refractivity contribution in [1.82, 2.24) is 4.90 Å². The first-order chi connectivity index (χ1) is 6.33. The first kappa shape index (κ1) is 9.44. The molecule has 2 fully saturated rings. The minimum atomic E-state index is -0.0906. The van der Waals surface area contributed by atoms with Crippen molar-refractivity contribution in [3.8, 4) is 0 Å². The quantitative estimate of drug-likeness (QED) is 0.650. The second kappa shape index (κ2) is 3.95.